The van der Waals surface area contributed by atoms with Gasteiger partial charge in [-0.15, -0.1) is 0 Å². The van der Waals surface area contributed by atoms with Gasteiger partial charge in [-0.1, -0.05) is 23.7 Å². The highest BCUT2D eigenvalue weighted by Gasteiger charge is 2.06. The molecule has 0 bridgehead atoms. The summed E-state index contributed by atoms with van der Waals surface area (Å²) < 4.78 is 0. The second-order valence-electron chi connectivity index (χ2n) is 4.06. The van der Waals surface area contributed by atoms with E-state index in [1.54, 1.807) is 12.1 Å². The maximum atomic E-state index is 11.9. The molecule has 0 spiro atoms. The predicted molar refractivity (Wildman–Crippen MR) is 76.4 cm³/mol. The van der Waals surface area contributed by atoms with Gasteiger partial charge in [0.2, 0.25) is 0 Å². The summed E-state index contributed by atoms with van der Waals surface area (Å²) in [4.78, 5) is 15.8. The first-order valence-corrected chi connectivity index (χ1v) is 6.29. The van der Waals surface area contributed by atoms with Gasteiger partial charge in [0.25, 0.3) is 5.91 Å². The predicted octanol–water partition coefficient (Wildman–Crippen LogP) is 2.49. The largest absolute Gasteiger partial charge is 0.330 e. The van der Waals surface area contributed by atoms with Crippen LogP contribution in [0.5, 0.6) is 0 Å². The number of halogens is 1. The van der Waals surface area contributed by atoms with Gasteiger partial charge in [0, 0.05) is 11.9 Å². The second kappa shape index (κ2) is 6.31. The second-order valence-corrected chi connectivity index (χ2v) is 4.45. The Morgan fingerprint density at radius 3 is 2.53 bits per heavy atom. The summed E-state index contributed by atoms with van der Waals surface area (Å²) in [7, 11) is 0. The Bertz CT molecular complexity index is 552. The van der Waals surface area contributed by atoms with Crippen molar-refractivity contribution >= 4 is 23.2 Å². The molecule has 19 heavy (non-hydrogen) atoms. The lowest BCUT2D eigenvalue weighted by Crippen LogP contribution is -2.12. The van der Waals surface area contributed by atoms with Crippen molar-refractivity contribution in [1.29, 1.82) is 0 Å². The number of amides is 1. The number of nitrogens with zero attached hydrogens (tertiary/aromatic N) is 1. The van der Waals surface area contributed by atoms with Crippen molar-refractivity contribution in [3.05, 3.63) is 58.9 Å². The average Bonchev–Trinajstić information content (AvgIpc) is 2.42. The summed E-state index contributed by atoms with van der Waals surface area (Å²) in [6.07, 6.45) is 2.27. The molecule has 2 aromatic rings. The Balaban J connectivity index is 2.04. The third-order valence-electron chi connectivity index (χ3n) is 2.63. The molecule has 0 aliphatic rings. The molecule has 0 saturated carbocycles. The van der Waals surface area contributed by atoms with Gasteiger partial charge in [0.1, 0.15) is 5.15 Å². The molecule has 1 aromatic carbocycles. The van der Waals surface area contributed by atoms with Crippen molar-refractivity contribution < 1.29 is 4.79 Å². The SMILES string of the molecule is NCCc1ccc(NC(=O)c2ccc(Cl)nc2)cc1. The lowest BCUT2D eigenvalue weighted by molar-refractivity contribution is 0.102. The first kappa shape index (κ1) is 13.5. The molecule has 4 nitrogen and oxygen atoms in total. The standard InChI is InChI=1S/C14H14ClN3O/c15-13-6-3-11(9-17-13)14(19)18-12-4-1-10(2-5-12)7-8-16/h1-6,9H,7-8,16H2,(H,18,19). The summed E-state index contributed by atoms with van der Waals surface area (Å²) in [6, 6.07) is 10.8. The first-order chi connectivity index (χ1) is 9.19. The van der Waals surface area contributed by atoms with E-state index in [4.69, 9.17) is 17.3 Å². The van der Waals surface area contributed by atoms with E-state index in [2.05, 4.69) is 10.3 Å². The molecule has 0 aliphatic heterocycles. The maximum Gasteiger partial charge on any atom is 0.257 e. The summed E-state index contributed by atoms with van der Waals surface area (Å²) in [6.45, 7) is 0.613. The zero-order valence-corrected chi connectivity index (χ0v) is 11.0. The number of anilines is 1. The van der Waals surface area contributed by atoms with E-state index in [0.717, 1.165) is 17.7 Å². The quantitative estimate of drug-likeness (QED) is 0.843. The van der Waals surface area contributed by atoms with Crippen LogP contribution in [0.4, 0.5) is 5.69 Å². The summed E-state index contributed by atoms with van der Waals surface area (Å²) in [5.41, 5.74) is 7.83. The lowest BCUT2D eigenvalue weighted by atomic mass is 10.1. The Kier molecular flexibility index (Phi) is 4.49. The summed E-state index contributed by atoms with van der Waals surface area (Å²) >= 11 is 5.67. The Morgan fingerprint density at radius 1 is 1.21 bits per heavy atom. The molecular weight excluding hydrogens is 262 g/mol. The number of hydrogen-bond donors (Lipinski definition) is 2. The normalized spacial score (nSPS) is 10.2. The zero-order chi connectivity index (χ0) is 13.7. The van der Waals surface area contributed by atoms with E-state index in [1.165, 1.54) is 6.20 Å². The third-order valence-corrected chi connectivity index (χ3v) is 2.86. The molecular formula is C14H14ClN3O. The van der Waals surface area contributed by atoms with Crippen molar-refractivity contribution in [1.82, 2.24) is 4.98 Å². The highest BCUT2D eigenvalue weighted by atomic mass is 35.5. The van der Waals surface area contributed by atoms with Gasteiger partial charge in [-0.05, 0) is 42.8 Å². The minimum absolute atomic E-state index is 0.212. The molecule has 5 heteroatoms. The molecule has 0 saturated heterocycles. The Morgan fingerprint density at radius 2 is 1.95 bits per heavy atom. The summed E-state index contributed by atoms with van der Waals surface area (Å²) in [5.74, 6) is -0.212. The molecule has 1 heterocycles. The highest BCUT2D eigenvalue weighted by molar-refractivity contribution is 6.29. The van der Waals surface area contributed by atoms with E-state index in [1.807, 2.05) is 24.3 Å². The number of carbonyl (C=O) groups is 1. The van der Waals surface area contributed by atoms with E-state index in [9.17, 15) is 4.79 Å². The molecule has 1 amide bonds. The molecule has 0 radical (unpaired) electrons. The number of carbonyl (C=O) groups excluding carboxylic acids is 1. The van der Waals surface area contributed by atoms with Crippen molar-refractivity contribution in [3.63, 3.8) is 0 Å². The van der Waals surface area contributed by atoms with Gasteiger partial charge in [-0.3, -0.25) is 4.79 Å². The van der Waals surface area contributed by atoms with Crippen LogP contribution in [-0.2, 0) is 6.42 Å². The lowest BCUT2D eigenvalue weighted by Gasteiger charge is -2.06. The van der Waals surface area contributed by atoms with E-state index < -0.39 is 0 Å². The van der Waals surface area contributed by atoms with Crippen LogP contribution in [0.1, 0.15) is 15.9 Å². The number of pyridine rings is 1. The molecule has 0 fully saturated rings. The third kappa shape index (κ3) is 3.77. The van der Waals surface area contributed by atoms with Crippen LogP contribution in [0.25, 0.3) is 0 Å². The highest BCUT2D eigenvalue weighted by Crippen LogP contribution is 2.12. The fourth-order valence-corrected chi connectivity index (χ4v) is 1.75. The number of rotatable bonds is 4. The van der Waals surface area contributed by atoms with Crippen molar-refractivity contribution in [2.45, 2.75) is 6.42 Å². The fraction of sp³-hybridized carbons (Fsp3) is 0.143. The molecule has 0 unspecified atom stereocenters. The van der Waals surface area contributed by atoms with Gasteiger partial charge >= 0.3 is 0 Å². The van der Waals surface area contributed by atoms with E-state index in [0.29, 0.717) is 17.3 Å². The van der Waals surface area contributed by atoms with Crippen LogP contribution in [0.3, 0.4) is 0 Å². The van der Waals surface area contributed by atoms with E-state index in [-0.39, 0.29) is 5.91 Å². The van der Waals surface area contributed by atoms with Gasteiger partial charge < -0.3 is 11.1 Å². The minimum Gasteiger partial charge on any atom is -0.330 e. The number of aromatic nitrogens is 1. The molecule has 98 valence electrons. The van der Waals surface area contributed by atoms with Crippen molar-refractivity contribution in [3.8, 4) is 0 Å². The van der Waals surface area contributed by atoms with Gasteiger partial charge in [0.15, 0.2) is 0 Å². The van der Waals surface area contributed by atoms with E-state index >= 15 is 0 Å². The Labute approximate surface area is 116 Å². The molecule has 0 aliphatic carbocycles. The van der Waals surface area contributed by atoms with Crippen molar-refractivity contribution in [2.75, 3.05) is 11.9 Å². The molecule has 0 atom stereocenters. The van der Waals surface area contributed by atoms with Gasteiger partial charge in [-0.2, -0.15) is 0 Å². The number of nitrogens with one attached hydrogen (secondary N) is 1. The molecule has 1 aromatic heterocycles. The molecule has 3 N–H and O–H groups in total. The topological polar surface area (TPSA) is 68.0 Å². The van der Waals surface area contributed by atoms with Crippen LogP contribution in [-0.4, -0.2) is 17.4 Å². The van der Waals surface area contributed by atoms with Gasteiger partial charge in [0.05, 0.1) is 5.56 Å². The minimum atomic E-state index is -0.212. The maximum absolute atomic E-state index is 11.9. The number of hydrogen-bond acceptors (Lipinski definition) is 3. The van der Waals surface area contributed by atoms with Crippen LogP contribution in [0.15, 0.2) is 42.6 Å². The van der Waals surface area contributed by atoms with Gasteiger partial charge in [-0.25, -0.2) is 4.98 Å². The smallest absolute Gasteiger partial charge is 0.257 e. The monoisotopic (exact) mass is 275 g/mol. The van der Waals surface area contributed by atoms with Crippen LogP contribution in [0.2, 0.25) is 5.15 Å². The van der Waals surface area contributed by atoms with Crippen molar-refractivity contribution in [2.24, 2.45) is 5.73 Å². The Hall–Kier alpha value is -1.91. The van der Waals surface area contributed by atoms with Crippen LogP contribution >= 0.6 is 11.6 Å². The molecule has 2 rings (SSSR count). The zero-order valence-electron chi connectivity index (χ0n) is 10.3. The first-order valence-electron chi connectivity index (χ1n) is 5.91. The summed E-state index contributed by atoms with van der Waals surface area (Å²) in [5, 5.41) is 3.16. The fourth-order valence-electron chi connectivity index (χ4n) is 1.63. The van der Waals surface area contributed by atoms with Crippen LogP contribution in [0, 0.1) is 0 Å². The van der Waals surface area contributed by atoms with Crippen LogP contribution < -0.4 is 11.1 Å². The number of benzene rings is 1. The number of nitrogens with two attached hydrogens (primary N) is 1. The average molecular weight is 276 g/mol.